The molecule has 67 heavy (non-hydrogen) atoms. The highest BCUT2D eigenvalue weighted by Crippen LogP contribution is 2.46. The lowest BCUT2D eigenvalue weighted by atomic mass is 10.0. The number of benzene rings is 4. The van der Waals surface area contributed by atoms with Gasteiger partial charge in [0.05, 0.1) is 66.4 Å². The van der Waals surface area contributed by atoms with Crippen molar-refractivity contribution < 1.29 is 23.8 Å². The number of aliphatic hydroxyl groups excluding tert-OH is 1. The first-order valence-electron chi connectivity index (χ1n) is 23.4. The number of methoxy groups -OCH3 is 1. The summed E-state index contributed by atoms with van der Waals surface area (Å²) >= 11 is 0. The molecule has 1 fully saturated rings. The number of rotatable bonds is 17. The van der Waals surface area contributed by atoms with E-state index in [1.807, 2.05) is 57.0 Å². The van der Waals surface area contributed by atoms with E-state index in [1.165, 1.54) is 6.92 Å². The number of ether oxygens (including phenoxy) is 2. The number of aromatic amines is 2. The zero-order chi connectivity index (χ0) is 46.9. The van der Waals surface area contributed by atoms with E-state index in [1.54, 1.807) is 18.2 Å². The molecule has 2 aliphatic rings. The van der Waals surface area contributed by atoms with E-state index >= 15 is 0 Å². The van der Waals surface area contributed by atoms with Crippen LogP contribution in [0.3, 0.4) is 0 Å². The fourth-order valence-electron chi connectivity index (χ4n) is 9.63. The van der Waals surface area contributed by atoms with Crippen LogP contribution in [0, 0.1) is 11.8 Å². The maximum Gasteiger partial charge on any atom is 0.240 e. The van der Waals surface area contributed by atoms with Crippen molar-refractivity contribution >= 4 is 16.8 Å². The van der Waals surface area contributed by atoms with E-state index in [9.17, 15) is 14.3 Å². The number of hydrogen-bond acceptors (Lipinski definition) is 9. The average Bonchev–Trinajstić information content (AvgIpc) is 4.17. The van der Waals surface area contributed by atoms with Gasteiger partial charge in [0.15, 0.2) is 0 Å². The summed E-state index contributed by atoms with van der Waals surface area (Å²) in [7, 11) is 1.59. The molecule has 0 aliphatic carbocycles. The van der Waals surface area contributed by atoms with E-state index in [4.69, 9.17) is 25.2 Å². The number of imidazole rings is 2. The van der Waals surface area contributed by atoms with Crippen LogP contribution in [-0.2, 0) is 16.1 Å². The summed E-state index contributed by atoms with van der Waals surface area (Å²) in [4.78, 5) is 33.4. The van der Waals surface area contributed by atoms with Crippen LogP contribution >= 0.6 is 0 Å². The largest absolute Gasteiger partial charge is 0.465 e. The predicted molar refractivity (Wildman–Crippen MR) is 260 cm³/mol. The van der Waals surface area contributed by atoms with Crippen LogP contribution in [-0.4, -0.2) is 96.7 Å². The minimum atomic E-state index is -1.16. The smallest absolute Gasteiger partial charge is 0.240 e. The van der Waals surface area contributed by atoms with Gasteiger partial charge in [-0.1, -0.05) is 94.4 Å². The third kappa shape index (κ3) is 9.41. The zero-order valence-corrected chi connectivity index (χ0v) is 39.1. The number of amides is 1. The van der Waals surface area contributed by atoms with Crippen LogP contribution in [0.4, 0.5) is 4.39 Å². The van der Waals surface area contributed by atoms with Gasteiger partial charge in [-0.3, -0.25) is 15.0 Å². The van der Waals surface area contributed by atoms with Crippen molar-refractivity contribution in [1.82, 2.24) is 39.6 Å². The number of carbonyl (C=O) groups is 1. The van der Waals surface area contributed by atoms with Crippen molar-refractivity contribution in [2.75, 3.05) is 26.9 Å². The van der Waals surface area contributed by atoms with Gasteiger partial charge in [-0.05, 0) is 73.1 Å². The number of nitrogens with one attached hydrogen (secondary N) is 3. The molecule has 0 radical (unpaired) electrons. The number of fused-ring (bicyclic) bond motifs is 5. The standard InChI is InChI=1S/C53H62FN9O4/c1-31(2)48(55)51(64)62-22-10-13-44(62)50-57-27-42(60-50)38-18-20-40-45-24-39-23-37(41-26-56-47(59-41)29-61(28-33(5)54)52(65)49(32(3)4)58-30-66-6)19-21-43(39)63(45)53(67-46(40)25-38)36-16-14-35(15-17-36)34-11-8-7-9-12-34/h7-9,11-12,14-21,23-27,31-33,44,48-49,52-53,58,65H,10,13,22,28-30,55H2,1-6H3,(H,56,59)(H,57,60). The topological polar surface area (TPSA) is 163 Å². The van der Waals surface area contributed by atoms with Crippen molar-refractivity contribution in [2.24, 2.45) is 17.6 Å². The molecule has 6 N–H and O–H groups in total. The van der Waals surface area contributed by atoms with Crippen molar-refractivity contribution in [2.45, 2.75) is 90.8 Å². The van der Waals surface area contributed by atoms with Gasteiger partial charge in [-0.15, -0.1) is 0 Å². The number of aromatic nitrogens is 5. The van der Waals surface area contributed by atoms with Gasteiger partial charge in [-0.2, -0.15) is 0 Å². The number of nitrogens with zero attached hydrogens (tertiary/aromatic N) is 5. The Balaban J connectivity index is 1.04. The Hall–Kier alpha value is -6.16. The van der Waals surface area contributed by atoms with Crippen molar-refractivity contribution in [3.63, 3.8) is 0 Å². The fourth-order valence-corrected chi connectivity index (χ4v) is 9.63. The molecule has 0 saturated carbocycles. The maximum absolute atomic E-state index is 14.5. The Bertz CT molecular complexity index is 2800. The van der Waals surface area contributed by atoms with Crippen LogP contribution < -0.4 is 15.8 Å². The first-order valence-corrected chi connectivity index (χ1v) is 23.4. The minimum Gasteiger partial charge on any atom is -0.465 e. The zero-order valence-electron chi connectivity index (χ0n) is 39.1. The number of carbonyl (C=O) groups excluding carboxylic acids is 1. The monoisotopic (exact) mass is 907 g/mol. The first kappa shape index (κ1) is 46.0. The normalized spacial score (nSPS) is 17.8. The molecule has 0 spiro atoms. The Labute approximate surface area is 391 Å². The molecular weight excluding hydrogens is 846 g/mol. The minimum absolute atomic E-state index is 0.0352. The summed E-state index contributed by atoms with van der Waals surface area (Å²) < 4.78 is 29.1. The quantitative estimate of drug-likeness (QED) is 0.0562. The molecule has 7 aromatic rings. The summed E-state index contributed by atoms with van der Waals surface area (Å²) in [5, 5.41) is 15.7. The number of H-pyrrole nitrogens is 2. The highest BCUT2D eigenvalue weighted by Gasteiger charge is 2.36. The van der Waals surface area contributed by atoms with Gasteiger partial charge in [0, 0.05) is 47.8 Å². The molecule has 2 aliphatic heterocycles. The molecule has 3 aromatic heterocycles. The molecule has 5 heterocycles. The summed E-state index contributed by atoms with van der Waals surface area (Å²) in [6.45, 7) is 10.7. The predicted octanol–water partition coefficient (Wildman–Crippen LogP) is 9.04. The van der Waals surface area contributed by atoms with Crippen LogP contribution in [0.2, 0.25) is 0 Å². The van der Waals surface area contributed by atoms with Crippen LogP contribution in [0.15, 0.2) is 109 Å². The molecule has 0 bridgehead atoms. The van der Waals surface area contributed by atoms with E-state index in [2.05, 4.69) is 98.7 Å². The number of aliphatic hydroxyl groups is 1. The Morgan fingerprint density at radius 3 is 2.34 bits per heavy atom. The van der Waals surface area contributed by atoms with Crippen molar-refractivity contribution in [3.05, 3.63) is 127 Å². The third-order valence-electron chi connectivity index (χ3n) is 13.3. The van der Waals surface area contributed by atoms with Crippen LogP contribution in [0.1, 0.15) is 76.9 Å². The lowest BCUT2D eigenvalue weighted by Gasteiger charge is -2.35. The summed E-state index contributed by atoms with van der Waals surface area (Å²) in [5.74, 6) is 2.19. The van der Waals surface area contributed by atoms with Gasteiger partial charge in [0.2, 0.25) is 12.1 Å². The van der Waals surface area contributed by atoms with Crippen LogP contribution in [0.25, 0.3) is 55.8 Å². The lowest BCUT2D eigenvalue weighted by molar-refractivity contribution is -0.134. The second-order valence-electron chi connectivity index (χ2n) is 18.8. The first-order chi connectivity index (χ1) is 32.4. The number of nitrogens with two attached hydrogens (primary N) is 1. The van der Waals surface area contributed by atoms with Gasteiger partial charge >= 0.3 is 0 Å². The van der Waals surface area contributed by atoms with Crippen LogP contribution in [0.5, 0.6) is 5.75 Å². The average molecular weight is 908 g/mol. The number of hydrogen-bond donors (Lipinski definition) is 5. The molecule has 1 saturated heterocycles. The van der Waals surface area contributed by atoms with Gasteiger partial charge < -0.3 is 39.7 Å². The van der Waals surface area contributed by atoms with E-state index in [-0.39, 0.29) is 49.6 Å². The number of alkyl halides is 1. The molecule has 4 aromatic carbocycles. The number of likely N-dealkylation sites (tertiary alicyclic amines) is 1. The Morgan fingerprint density at radius 2 is 1.61 bits per heavy atom. The summed E-state index contributed by atoms with van der Waals surface area (Å²) in [5.41, 5.74) is 16.1. The van der Waals surface area contributed by atoms with Crippen molar-refractivity contribution in [3.8, 4) is 50.6 Å². The Kier molecular flexibility index (Phi) is 13.4. The molecular formula is C53H62FN9O4. The summed E-state index contributed by atoms with van der Waals surface area (Å²) in [6, 6.07) is 32.7. The second-order valence-corrected chi connectivity index (χ2v) is 18.8. The maximum atomic E-state index is 14.5. The molecule has 14 heteroatoms. The summed E-state index contributed by atoms with van der Waals surface area (Å²) in [6.07, 6.45) is 2.74. The lowest BCUT2D eigenvalue weighted by Crippen LogP contribution is -2.54. The highest BCUT2D eigenvalue weighted by atomic mass is 19.1. The third-order valence-corrected chi connectivity index (χ3v) is 13.3. The fraction of sp³-hybridized carbons (Fsp3) is 0.377. The highest BCUT2D eigenvalue weighted by molar-refractivity contribution is 5.92. The van der Waals surface area contributed by atoms with Gasteiger partial charge in [0.1, 0.15) is 29.8 Å². The number of halogens is 1. The van der Waals surface area contributed by atoms with Gasteiger partial charge in [0.25, 0.3) is 0 Å². The Morgan fingerprint density at radius 1 is 0.910 bits per heavy atom. The van der Waals surface area contributed by atoms with E-state index in [0.717, 1.165) is 85.8 Å². The second kappa shape index (κ2) is 19.6. The van der Waals surface area contributed by atoms with Gasteiger partial charge in [-0.25, -0.2) is 14.4 Å². The van der Waals surface area contributed by atoms with Crippen molar-refractivity contribution in [1.29, 1.82) is 0 Å². The SMILES string of the molecule is COCNC(C(C)C)C(O)N(Cc1ncc(-c2ccc3c(c2)cc2n3C(c3ccc(-c4ccccc4)cc3)Oc3cc(-c4cnc(C5CCCN5C(=O)C(N)C(C)C)[nH]4)ccc3-2)[nH]1)CC(C)F. The molecule has 6 atom stereocenters. The molecule has 350 valence electrons. The molecule has 1 amide bonds. The van der Waals surface area contributed by atoms with E-state index < -0.39 is 24.7 Å². The molecule has 6 unspecified atom stereocenters. The molecule has 9 rings (SSSR count). The molecule has 13 nitrogen and oxygen atoms in total. The van der Waals surface area contributed by atoms with E-state index in [0.29, 0.717) is 12.4 Å².